The highest BCUT2D eigenvalue weighted by Gasteiger charge is 2.18. The van der Waals surface area contributed by atoms with E-state index in [1.54, 1.807) is 0 Å². The Bertz CT molecular complexity index is 377. The Balaban J connectivity index is 1.75. The average Bonchev–Trinajstić information content (AvgIpc) is 2.21. The second-order valence-electron chi connectivity index (χ2n) is 4.08. The fourth-order valence-electron chi connectivity index (χ4n) is 1.62. The minimum absolute atomic E-state index is 0.0651. The van der Waals surface area contributed by atoms with Gasteiger partial charge < -0.3 is 10.6 Å². The molecule has 1 aromatic rings. The lowest BCUT2D eigenvalue weighted by molar-refractivity contribution is 0.228. The second kappa shape index (κ2) is 5.34. The third-order valence-electron chi connectivity index (χ3n) is 2.78. The lowest BCUT2D eigenvalue weighted by Gasteiger charge is -2.26. The molecular formula is C12H15BrN2O. The monoisotopic (exact) mass is 282 g/mol. The summed E-state index contributed by atoms with van der Waals surface area (Å²) >= 11 is 3.40. The zero-order chi connectivity index (χ0) is 11.4. The summed E-state index contributed by atoms with van der Waals surface area (Å²) in [5.41, 5.74) is 1.10. The Labute approximate surface area is 104 Å². The average molecular weight is 283 g/mol. The van der Waals surface area contributed by atoms with Crippen molar-refractivity contribution in [2.75, 3.05) is 0 Å². The van der Waals surface area contributed by atoms with Crippen molar-refractivity contribution in [3.63, 3.8) is 0 Å². The van der Waals surface area contributed by atoms with Crippen LogP contribution in [0.5, 0.6) is 0 Å². The van der Waals surface area contributed by atoms with E-state index in [2.05, 4.69) is 26.6 Å². The van der Waals surface area contributed by atoms with Gasteiger partial charge in [0.2, 0.25) is 0 Å². The maximum atomic E-state index is 11.5. The van der Waals surface area contributed by atoms with Gasteiger partial charge in [0.05, 0.1) is 0 Å². The number of rotatable bonds is 3. The van der Waals surface area contributed by atoms with E-state index < -0.39 is 0 Å². The molecule has 3 nitrogen and oxygen atoms in total. The Morgan fingerprint density at radius 1 is 1.44 bits per heavy atom. The Kier molecular flexibility index (Phi) is 3.83. The van der Waals surface area contributed by atoms with Crippen molar-refractivity contribution in [3.05, 3.63) is 34.3 Å². The summed E-state index contributed by atoms with van der Waals surface area (Å²) in [6.07, 6.45) is 3.46. The van der Waals surface area contributed by atoms with Crippen LogP contribution in [-0.2, 0) is 6.54 Å². The lowest BCUT2D eigenvalue weighted by Crippen LogP contribution is -2.44. The number of carbonyl (C=O) groups excluding carboxylic acids is 1. The first kappa shape index (κ1) is 11.5. The van der Waals surface area contributed by atoms with E-state index in [1.165, 1.54) is 6.42 Å². The maximum absolute atomic E-state index is 11.5. The molecule has 0 unspecified atom stereocenters. The van der Waals surface area contributed by atoms with Gasteiger partial charge in [-0.1, -0.05) is 28.1 Å². The standard InChI is InChI=1S/C12H15BrN2O/c13-10-4-1-3-9(7-10)8-14-12(16)15-11-5-2-6-11/h1,3-4,7,11H,2,5-6,8H2,(H2,14,15,16). The van der Waals surface area contributed by atoms with E-state index >= 15 is 0 Å². The number of benzene rings is 1. The summed E-state index contributed by atoms with van der Waals surface area (Å²) in [5.74, 6) is 0. The van der Waals surface area contributed by atoms with Crippen LogP contribution in [0.4, 0.5) is 4.79 Å². The summed E-state index contributed by atoms with van der Waals surface area (Å²) in [4.78, 5) is 11.5. The van der Waals surface area contributed by atoms with Crippen molar-refractivity contribution in [2.45, 2.75) is 31.8 Å². The quantitative estimate of drug-likeness (QED) is 0.880. The van der Waals surface area contributed by atoms with E-state index in [1.807, 2.05) is 24.3 Å². The van der Waals surface area contributed by atoms with Crippen molar-refractivity contribution in [1.29, 1.82) is 0 Å². The maximum Gasteiger partial charge on any atom is 0.315 e. The van der Waals surface area contributed by atoms with Crippen molar-refractivity contribution in [1.82, 2.24) is 10.6 Å². The third-order valence-corrected chi connectivity index (χ3v) is 3.28. The molecule has 2 N–H and O–H groups in total. The normalized spacial score (nSPS) is 15.3. The van der Waals surface area contributed by atoms with E-state index in [0.29, 0.717) is 12.6 Å². The molecule has 86 valence electrons. The molecular weight excluding hydrogens is 268 g/mol. The van der Waals surface area contributed by atoms with Crippen LogP contribution in [0.2, 0.25) is 0 Å². The molecule has 1 saturated carbocycles. The summed E-state index contributed by atoms with van der Waals surface area (Å²) in [6, 6.07) is 8.26. The topological polar surface area (TPSA) is 41.1 Å². The summed E-state index contributed by atoms with van der Waals surface area (Å²) in [7, 11) is 0. The highest BCUT2D eigenvalue weighted by Crippen LogP contribution is 2.17. The molecule has 4 heteroatoms. The molecule has 1 aliphatic rings. The van der Waals surface area contributed by atoms with Gasteiger partial charge in [0.1, 0.15) is 0 Å². The molecule has 0 spiro atoms. The zero-order valence-corrected chi connectivity index (χ0v) is 10.6. The smallest absolute Gasteiger partial charge is 0.315 e. The van der Waals surface area contributed by atoms with Crippen molar-refractivity contribution in [2.24, 2.45) is 0 Å². The first-order valence-corrected chi connectivity index (χ1v) is 6.32. The van der Waals surface area contributed by atoms with Crippen LogP contribution in [0.25, 0.3) is 0 Å². The van der Waals surface area contributed by atoms with Gasteiger partial charge in [0.25, 0.3) is 0 Å². The van der Waals surface area contributed by atoms with Crippen LogP contribution in [0.15, 0.2) is 28.7 Å². The number of nitrogens with one attached hydrogen (secondary N) is 2. The molecule has 0 atom stereocenters. The van der Waals surface area contributed by atoms with Gasteiger partial charge in [0.15, 0.2) is 0 Å². The molecule has 0 aromatic heterocycles. The highest BCUT2D eigenvalue weighted by molar-refractivity contribution is 9.10. The number of urea groups is 1. The van der Waals surface area contributed by atoms with Crippen LogP contribution in [0.1, 0.15) is 24.8 Å². The zero-order valence-electron chi connectivity index (χ0n) is 9.00. The summed E-state index contributed by atoms with van der Waals surface area (Å²) < 4.78 is 1.03. The molecule has 1 fully saturated rings. The van der Waals surface area contributed by atoms with Crippen LogP contribution >= 0.6 is 15.9 Å². The Morgan fingerprint density at radius 3 is 2.88 bits per heavy atom. The molecule has 2 rings (SSSR count). The highest BCUT2D eigenvalue weighted by atomic mass is 79.9. The van der Waals surface area contributed by atoms with E-state index in [9.17, 15) is 4.79 Å². The molecule has 0 bridgehead atoms. The predicted octanol–water partition coefficient (Wildman–Crippen LogP) is 2.80. The minimum atomic E-state index is -0.0651. The first-order chi connectivity index (χ1) is 7.74. The summed E-state index contributed by atoms with van der Waals surface area (Å²) in [5, 5.41) is 5.79. The van der Waals surface area contributed by atoms with Crippen LogP contribution in [-0.4, -0.2) is 12.1 Å². The van der Waals surface area contributed by atoms with Gasteiger partial charge in [-0.15, -0.1) is 0 Å². The SMILES string of the molecule is O=C(NCc1cccc(Br)c1)NC1CCC1. The van der Waals surface area contributed by atoms with Crippen molar-refractivity contribution in [3.8, 4) is 0 Å². The largest absolute Gasteiger partial charge is 0.335 e. The molecule has 1 aromatic carbocycles. The number of amides is 2. The van der Waals surface area contributed by atoms with Gasteiger partial charge in [-0.2, -0.15) is 0 Å². The summed E-state index contributed by atoms with van der Waals surface area (Å²) in [6.45, 7) is 0.567. The Hall–Kier alpha value is -1.03. The van der Waals surface area contributed by atoms with Crippen molar-refractivity contribution < 1.29 is 4.79 Å². The molecule has 0 aliphatic heterocycles. The van der Waals surface area contributed by atoms with Crippen LogP contribution < -0.4 is 10.6 Å². The molecule has 0 saturated heterocycles. The van der Waals surface area contributed by atoms with Gasteiger partial charge in [-0.05, 0) is 37.0 Å². The van der Waals surface area contributed by atoms with E-state index in [-0.39, 0.29) is 6.03 Å². The number of halogens is 1. The Morgan fingerprint density at radius 2 is 2.25 bits per heavy atom. The second-order valence-corrected chi connectivity index (χ2v) is 5.00. The third kappa shape index (κ3) is 3.23. The molecule has 16 heavy (non-hydrogen) atoms. The number of hydrogen-bond donors (Lipinski definition) is 2. The van der Waals surface area contributed by atoms with Crippen LogP contribution in [0.3, 0.4) is 0 Å². The van der Waals surface area contributed by atoms with Crippen LogP contribution in [0, 0.1) is 0 Å². The van der Waals surface area contributed by atoms with Gasteiger partial charge in [-0.3, -0.25) is 0 Å². The fraction of sp³-hybridized carbons (Fsp3) is 0.417. The van der Waals surface area contributed by atoms with Crippen molar-refractivity contribution >= 4 is 22.0 Å². The van der Waals surface area contributed by atoms with E-state index in [0.717, 1.165) is 22.9 Å². The first-order valence-electron chi connectivity index (χ1n) is 5.53. The number of hydrogen-bond acceptors (Lipinski definition) is 1. The fourth-order valence-corrected chi connectivity index (χ4v) is 2.06. The van der Waals surface area contributed by atoms with Gasteiger partial charge >= 0.3 is 6.03 Å². The lowest BCUT2D eigenvalue weighted by atomic mass is 9.93. The molecule has 1 aliphatic carbocycles. The van der Waals surface area contributed by atoms with Gasteiger partial charge in [0, 0.05) is 17.1 Å². The van der Waals surface area contributed by atoms with Gasteiger partial charge in [-0.25, -0.2) is 4.79 Å². The van der Waals surface area contributed by atoms with E-state index in [4.69, 9.17) is 0 Å². The molecule has 2 amide bonds. The predicted molar refractivity (Wildman–Crippen MR) is 67.2 cm³/mol. The molecule has 0 heterocycles. The minimum Gasteiger partial charge on any atom is -0.335 e. The number of carbonyl (C=O) groups is 1. The molecule has 0 radical (unpaired) electrons.